The monoisotopic (exact) mass is 230 g/mol. The molecule has 0 amide bonds. The maximum atomic E-state index is 9.29. The summed E-state index contributed by atoms with van der Waals surface area (Å²) in [5, 5.41) is 10.7. The zero-order valence-corrected chi connectivity index (χ0v) is 10.3. The molecule has 1 unspecified atom stereocenters. The molecule has 3 nitrogen and oxygen atoms in total. The van der Waals surface area contributed by atoms with E-state index in [0.29, 0.717) is 6.04 Å². The second kappa shape index (κ2) is 3.86. The highest BCUT2D eigenvalue weighted by atomic mass is 16.3. The maximum Gasteiger partial charge on any atom is 0.0682 e. The predicted octanol–water partition coefficient (Wildman–Crippen LogP) is 1.69. The van der Waals surface area contributed by atoms with Crippen LogP contribution >= 0.6 is 0 Å². The minimum Gasteiger partial charge on any atom is -0.392 e. The van der Waals surface area contributed by atoms with Gasteiger partial charge in [0, 0.05) is 23.1 Å². The largest absolute Gasteiger partial charge is 0.392 e. The number of hydrogen-bond donors (Lipinski definition) is 2. The van der Waals surface area contributed by atoms with Gasteiger partial charge in [-0.2, -0.15) is 0 Å². The number of benzene rings is 1. The molecule has 90 valence electrons. The molecule has 3 rings (SSSR count). The van der Waals surface area contributed by atoms with Gasteiger partial charge in [-0.15, -0.1) is 0 Å². The number of likely N-dealkylation sites (N-methyl/N-ethyl adjacent to an activating group) is 1. The molecule has 0 bridgehead atoms. The molecule has 0 saturated heterocycles. The van der Waals surface area contributed by atoms with E-state index in [1.165, 1.54) is 22.0 Å². The van der Waals surface area contributed by atoms with Crippen LogP contribution in [0.3, 0.4) is 0 Å². The van der Waals surface area contributed by atoms with Crippen molar-refractivity contribution in [3.63, 3.8) is 0 Å². The lowest BCUT2D eigenvalue weighted by molar-refractivity contribution is 0.280. The molecule has 1 atom stereocenters. The first-order chi connectivity index (χ1) is 8.19. The summed E-state index contributed by atoms with van der Waals surface area (Å²) in [6, 6.07) is 4.77. The third-order valence-corrected chi connectivity index (χ3v) is 3.83. The third-order valence-electron chi connectivity index (χ3n) is 3.83. The second-order valence-electron chi connectivity index (χ2n) is 5.18. The topological polar surface area (TPSA) is 39.3 Å². The molecular formula is C14H18N2O. The van der Waals surface area contributed by atoms with Crippen LogP contribution in [0.25, 0.3) is 10.9 Å². The van der Waals surface area contributed by atoms with E-state index in [-0.39, 0.29) is 6.61 Å². The van der Waals surface area contributed by atoms with Crippen molar-refractivity contribution in [1.82, 2.24) is 9.88 Å². The van der Waals surface area contributed by atoms with Crippen LogP contribution in [0.1, 0.15) is 16.7 Å². The van der Waals surface area contributed by atoms with Crippen molar-refractivity contribution in [2.75, 3.05) is 14.1 Å². The first-order valence-electron chi connectivity index (χ1n) is 6.08. The fraction of sp³-hybridized carbons (Fsp3) is 0.429. The Balaban J connectivity index is 2.15. The van der Waals surface area contributed by atoms with Gasteiger partial charge in [-0.3, -0.25) is 0 Å². The van der Waals surface area contributed by atoms with Crippen molar-refractivity contribution >= 4 is 10.9 Å². The van der Waals surface area contributed by atoms with Crippen LogP contribution < -0.4 is 0 Å². The van der Waals surface area contributed by atoms with Crippen LogP contribution in [0.15, 0.2) is 18.3 Å². The van der Waals surface area contributed by atoms with Gasteiger partial charge >= 0.3 is 0 Å². The molecular weight excluding hydrogens is 212 g/mol. The highest BCUT2D eigenvalue weighted by molar-refractivity contribution is 5.88. The SMILES string of the molecule is CN(C)C1Cc2c[nH]c3cc(CO)cc(c23)C1. The molecule has 0 radical (unpaired) electrons. The summed E-state index contributed by atoms with van der Waals surface area (Å²) >= 11 is 0. The van der Waals surface area contributed by atoms with Crippen molar-refractivity contribution in [2.45, 2.75) is 25.5 Å². The molecule has 1 aromatic carbocycles. The number of aliphatic hydroxyl groups excluding tert-OH is 1. The number of aromatic amines is 1. The highest BCUT2D eigenvalue weighted by Crippen LogP contribution is 2.31. The van der Waals surface area contributed by atoms with Gasteiger partial charge in [0.2, 0.25) is 0 Å². The molecule has 2 aromatic rings. The van der Waals surface area contributed by atoms with E-state index in [1.807, 2.05) is 0 Å². The van der Waals surface area contributed by atoms with Crippen molar-refractivity contribution in [1.29, 1.82) is 0 Å². The molecule has 3 heteroatoms. The Morgan fingerprint density at radius 1 is 1.29 bits per heavy atom. The average molecular weight is 230 g/mol. The van der Waals surface area contributed by atoms with Crippen molar-refractivity contribution in [3.8, 4) is 0 Å². The summed E-state index contributed by atoms with van der Waals surface area (Å²) in [4.78, 5) is 5.61. The van der Waals surface area contributed by atoms with Gasteiger partial charge < -0.3 is 15.0 Å². The minimum absolute atomic E-state index is 0.115. The highest BCUT2D eigenvalue weighted by Gasteiger charge is 2.23. The van der Waals surface area contributed by atoms with Crippen LogP contribution in [-0.4, -0.2) is 35.1 Å². The summed E-state index contributed by atoms with van der Waals surface area (Å²) in [5.41, 5.74) is 4.94. The van der Waals surface area contributed by atoms with E-state index in [0.717, 1.165) is 18.4 Å². The molecule has 0 spiro atoms. The number of nitrogens with one attached hydrogen (secondary N) is 1. The Bertz CT molecular complexity index is 557. The molecule has 1 aliphatic rings. The van der Waals surface area contributed by atoms with Crippen LogP contribution in [0.2, 0.25) is 0 Å². The van der Waals surface area contributed by atoms with Crippen LogP contribution in [0.4, 0.5) is 0 Å². The molecule has 0 fully saturated rings. The normalized spacial score (nSPS) is 19.2. The van der Waals surface area contributed by atoms with Gasteiger partial charge in [0.05, 0.1) is 6.61 Å². The third kappa shape index (κ3) is 1.66. The van der Waals surface area contributed by atoms with Gasteiger partial charge in [0.1, 0.15) is 0 Å². The number of aliphatic hydroxyl groups is 1. The van der Waals surface area contributed by atoms with Crippen LogP contribution in [0, 0.1) is 0 Å². The van der Waals surface area contributed by atoms with Crippen molar-refractivity contribution in [2.24, 2.45) is 0 Å². The Kier molecular flexibility index (Phi) is 2.45. The van der Waals surface area contributed by atoms with Gasteiger partial charge in [0.15, 0.2) is 0 Å². The van der Waals surface area contributed by atoms with Crippen LogP contribution in [-0.2, 0) is 19.4 Å². The van der Waals surface area contributed by atoms with E-state index >= 15 is 0 Å². The minimum atomic E-state index is 0.115. The summed E-state index contributed by atoms with van der Waals surface area (Å²) in [6.07, 6.45) is 4.30. The predicted molar refractivity (Wildman–Crippen MR) is 69.1 cm³/mol. The molecule has 2 N–H and O–H groups in total. The number of nitrogens with zero attached hydrogens (tertiary/aromatic N) is 1. The number of hydrogen-bond acceptors (Lipinski definition) is 2. The molecule has 0 saturated carbocycles. The fourth-order valence-corrected chi connectivity index (χ4v) is 2.86. The zero-order valence-electron chi connectivity index (χ0n) is 10.3. The summed E-state index contributed by atoms with van der Waals surface area (Å²) < 4.78 is 0. The first-order valence-corrected chi connectivity index (χ1v) is 6.08. The van der Waals surface area contributed by atoms with E-state index in [9.17, 15) is 5.11 Å². The summed E-state index contributed by atoms with van der Waals surface area (Å²) in [6.45, 7) is 0.115. The molecule has 1 aromatic heterocycles. The Morgan fingerprint density at radius 2 is 2.06 bits per heavy atom. The van der Waals surface area contributed by atoms with E-state index < -0.39 is 0 Å². The zero-order chi connectivity index (χ0) is 12.0. The Morgan fingerprint density at radius 3 is 2.76 bits per heavy atom. The Labute approximate surface area is 101 Å². The second-order valence-corrected chi connectivity index (χ2v) is 5.18. The molecule has 0 aliphatic heterocycles. The number of aromatic nitrogens is 1. The summed E-state index contributed by atoms with van der Waals surface area (Å²) in [5.74, 6) is 0. The first kappa shape index (κ1) is 10.8. The molecule has 1 aliphatic carbocycles. The lowest BCUT2D eigenvalue weighted by Crippen LogP contribution is -2.34. The quantitative estimate of drug-likeness (QED) is 0.824. The summed E-state index contributed by atoms with van der Waals surface area (Å²) in [7, 11) is 4.27. The average Bonchev–Trinajstić information content (AvgIpc) is 2.73. The fourth-order valence-electron chi connectivity index (χ4n) is 2.86. The van der Waals surface area contributed by atoms with E-state index in [1.54, 1.807) is 0 Å². The number of rotatable bonds is 2. The van der Waals surface area contributed by atoms with Gasteiger partial charge in [-0.1, -0.05) is 6.07 Å². The van der Waals surface area contributed by atoms with E-state index in [2.05, 4.69) is 42.3 Å². The van der Waals surface area contributed by atoms with Crippen molar-refractivity contribution in [3.05, 3.63) is 35.0 Å². The van der Waals surface area contributed by atoms with Gasteiger partial charge in [-0.05, 0) is 49.7 Å². The smallest absolute Gasteiger partial charge is 0.0682 e. The van der Waals surface area contributed by atoms with Crippen molar-refractivity contribution < 1.29 is 5.11 Å². The van der Waals surface area contributed by atoms with Crippen LogP contribution in [0.5, 0.6) is 0 Å². The van der Waals surface area contributed by atoms with E-state index in [4.69, 9.17) is 0 Å². The maximum absolute atomic E-state index is 9.29. The molecule has 1 heterocycles. The number of H-pyrrole nitrogens is 1. The molecule has 17 heavy (non-hydrogen) atoms. The lowest BCUT2D eigenvalue weighted by Gasteiger charge is -2.28. The van der Waals surface area contributed by atoms with Gasteiger partial charge in [0.25, 0.3) is 0 Å². The lowest BCUT2D eigenvalue weighted by atomic mass is 9.88. The van der Waals surface area contributed by atoms with Gasteiger partial charge in [-0.25, -0.2) is 0 Å². The Hall–Kier alpha value is -1.32. The standard InChI is InChI=1S/C14H18N2O/c1-16(2)12-5-10-3-9(8-17)4-13-14(10)11(6-12)7-15-13/h3-4,7,12,15,17H,5-6,8H2,1-2H3.